The van der Waals surface area contributed by atoms with Crippen molar-refractivity contribution in [2.45, 2.75) is 19.4 Å². The molecule has 0 radical (unpaired) electrons. The highest BCUT2D eigenvalue weighted by molar-refractivity contribution is 6.09. The molecule has 3 aromatic carbocycles. The lowest BCUT2D eigenvalue weighted by atomic mass is 9.55. The summed E-state index contributed by atoms with van der Waals surface area (Å²) in [6, 6.07) is 26.0. The van der Waals surface area contributed by atoms with Crippen molar-refractivity contribution < 1.29 is 9.53 Å². The smallest absolute Gasteiger partial charge is 0.236 e. The topological polar surface area (TPSA) is 29.5 Å². The highest BCUT2D eigenvalue weighted by Crippen LogP contribution is 2.65. The van der Waals surface area contributed by atoms with Gasteiger partial charge in [0.1, 0.15) is 17.0 Å². The summed E-state index contributed by atoms with van der Waals surface area (Å²) in [5, 5.41) is 0. The molecular formula is C23H19NO2. The van der Waals surface area contributed by atoms with Crippen LogP contribution < -0.4 is 9.64 Å². The number of anilines is 1. The van der Waals surface area contributed by atoms with Crippen molar-refractivity contribution in [1.82, 2.24) is 0 Å². The first-order valence-electron chi connectivity index (χ1n) is 8.85. The van der Waals surface area contributed by atoms with E-state index in [1.54, 1.807) is 0 Å². The minimum absolute atomic E-state index is 0.121. The SMILES string of the molecule is CC1(C)C(=O)N(c2ccccc2)C12c1ccccc1Oc1ccccc12. The molecule has 3 heteroatoms. The van der Waals surface area contributed by atoms with Crippen LogP contribution in [0.25, 0.3) is 0 Å². The molecule has 5 rings (SSSR count). The molecular weight excluding hydrogens is 322 g/mol. The molecule has 1 spiro atoms. The number of amides is 1. The van der Waals surface area contributed by atoms with Crippen molar-refractivity contribution >= 4 is 11.6 Å². The number of benzene rings is 3. The van der Waals surface area contributed by atoms with Crippen LogP contribution in [0.2, 0.25) is 0 Å². The first-order valence-corrected chi connectivity index (χ1v) is 8.85. The number of β-lactam (4-membered cyclic amide) rings is 1. The number of carbonyl (C=O) groups is 1. The van der Waals surface area contributed by atoms with Gasteiger partial charge in [-0.05, 0) is 38.1 Å². The van der Waals surface area contributed by atoms with Gasteiger partial charge < -0.3 is 4.74 Å². The number of para-hydroxylation sites is 3. The fraction of sp³-hybridized carbons (Fsp3) is 0.174. The monoisotopic (exact) mass is 341 g/mol. The molecule has 0 aromatic heterocycles. The first kappa shape index (κ1) is 15.2. The number of hydrogen-bond donors (Lipinski definition) is 0. The highest BCUT2D eigenvalue weighted by Gasteiger charge is 2.70. The van der Waals surface area contributed by atoms with Crippen molar-refractivity contribution in [3.8, 4) is 11.5 Å². The number of fused-ring (bicyclic) bond motifs is 4. The number of nitrogens with zero attached hydrogens (tertiary/aromatic N) is 1. The van der Waals surface area contributed by atoms with Gasteiger partial charge in [0.25, 0.3) is 0 Å². The Kier molecular flexibility index (Phi) is 2.91. The predicted octanol–water partition coefficient (Wildman–Crippen LogP) is 5.11. The van der Waals surface area contributed by atoms with Crippen molar-refractivity contribution in [3.05, 3.63) is 90.0 Å². The van der Waals surface area contributed by atoms with Gasteiger partial charge in [0.2, 0.25) is 5.91 Å². The third-order valence-electron chi connectivity index (χ3n) is 5.77. The van der Waals surface area contributed by atoms with Crippen LogP contribution in [0, 0.1) is 5.41 Å². The van der Waals surface area contributed by atoms with Crippen molar-refractivity contribution in [2.24, 2.45) is 5.41 Å². The van der Waals surface area contributed by atoms with Gasteiger partial charge in [-0.2, -0.15) is 0 Å². The fourth-order valence-corrected chi connectivity index (χ4v) is 4.59. The van der Waals surface area contributed by atoms with Gasteiger partial charge in [-0.3, -0.25) is 9.69 Å². The maximum absolute atomic E-state index is 13.3. The minimum Gasteiger partial charge on any atom is -0.457 e. The molecule has 2 aliphatic heterocycles. The maximum atomic E-state index is 13.3. The number of rotatable bonds is 1. The number of ether oxygens (including phenoxy) is 1. The van der Waals surface area contributed by atoms with Crippen LogP contribution in [0.15, 0.2) is 78.9 Å². The van der Waals surface area contributed by atoms with E-state index in [1.807, 2.05) is 85.5 Å². The second-order valence-corrected chi connectivity index (χ2v) is 7.41. The van der Waals surface area contributed by atoms with Crippen LogP contribution in [-0.2, 0) is 10.3 Å². The van der Waals surface area contributed by atoms with Gasteiger partial charge in [-0.1, -0.05) is 54.6 Å². The molecule has 1 saturated heterocycles. The van der Waals surface area contributed by atoms with E-state index in [9.17, 15) is 4.79 Å². The van der Waals surface area contributed by atoms with Gasteiger partial charge >= 0.3 is 0 Å². The van der Waals surface area contributed by atoms with Gasteiger partial charge in [-0.25, -0.2) is 0 Å². The third-order valence-corrected chi connectivity index (χ3v) is 5.77. The molecule has 0 N–H and O–H groups in total. The lowest BCUT2D eigenvalue weighted by molar-refractivity contribution is -0.142. The van der Waals surface area contributed by atoms with Crippen LogP contribution in [0.5, 0.6) is 11.5 Å². The van der Waals surface area contributed by atoms with Crippen LogP contribution in [0.1, 0.15) is 25.0 Å². The zero-order valence-electron chi connectivity index (χ0n) is 14.8. The fourth-order valence-electron chi connectivity index (χ4n) is 4.59. The van der Waals surface area contributed by atoms with E-state index in [0.29, 0.717) is 0 Å². The van der Waals surface area contributed by atoms with E-state index in [-0.39, 0.29) is 5.91 Å². The van der Waals surface area contributed by atoms with Gasteiger partial charge in [0, 0.05) is 16.8 Å². The van der Waals surface area contributed by atoms with Crippen molar-refractivity contribution in [1.29, 1.82) is 0 Å². The van der Waals surface area contributed by atoms with E-state index in [0.717, 1.165) is 28.3 Å². The summed E-state index contributed by atoms with van der Waals surface area (Å²) >= 11 is 0. The lowest BCUT2D eigenvalue weighted by Gasteiger charge is -2.64. The molecule has 1 fully saturated rings. The zero-order valence-corrected chi connectivity index (χ0v) is 14.8. The summed E-state index contributed by atoms with van der Waals surface area (Å²) in [6.07, 6.45) is 0. The van der Waals surface area contributed by atoms with Crippen LogP contribution in [0.3, 0.4) is 0 Å². The third kappa shape index (κ3) is 1.61. The van der Waals surface area contributed by atoms with Gasteiger partial charge in [-0.15, -0.1) is 0 Å². The van der Waals surface area contributed by atoms with E-state index < -0.39 is 11.0 Å². The molecule has 3 nitrogen and oxygen atoms in total. The summed E-state index contributed by atoms with van der Waals surface area (Å²) in [4.78, 5) is 15.2. The Labute approximate surface area is 152 Å². The largest absolute Gasteiger partial charge is 0.457 e. The molecule has 0 saturated carbocycles. The summed E-state index contributed by atoms with van der Waals surface area (Å²) < 4.78 is 6.18. The van der Waals surface area contributed by atoms with E-state index in [2.05, 4.69) is 12.1 Å². The van der Waals surface area contributed by atoms with E-state index in [1.165, 1.54) is 0 Å². The van der Waals surface area contributed by atoms with Gasteiger partial charge in [0.05, 0.1) is 5.41 Å². The Bertz CT molecular complexity index is 978. The minimum atomic E-state index is -0.586. The van der Waals surface area contributed by atoms with Crippen LogP contribution in [-0.4, -0.2) is 5.91 Å². The average molecular weight is 341 g/mol. The molecule has 0 atom stereocenters. The molecule has 1 amide bonds. The Hall–Kier alpha value is -3.07. The zero-order chi connectivity index (χ0) is 17.9. The Morgan fingerprint density at radius 1 is 0.731 bits per heavy atom. The molecule has 0 bridgehead atoms. The average Bonchev–Trinajstić information content (AvgIpc) is 2.68. The summed E-state index contributed by atoms with van der Waals surface area (Å²) in [5.74, 6) is 1.75. The standard InChI is InChI=1S/C23H19NO2/c1-22(2)21(25)24(16-10-4-3-5-11-16)23(22)17-12-6-8-14-19(17)26-20-15-9-7-13-18(20)23/h3-15H,1-2H3. The molecule has 26 heavy (non-hydrogen) atoms. The molecule has 0 unspecified atom stereocenters. The van der Waals surface area contributed by atoms with Gasteiger partial charge in [0.15, 0.2) is 0 Å². The Morgan fingerprint density at radius 2 is 1.23 bits per heavy atom. The van der Waals surface area contributed by atoms with Crippen molar-refractivity contribution in [3.63, 3.8) is 0 Å². The van der Waals surface area contributed by atoms with E-state index >= 15 is 0 Å². The van der Waals surface area contributed by atoms with Crippen molar-refractivity contribution in [2.75, 3.05) is 4.90 Å². The molecule has 128 valence electrons. The van der Waals surface area contributed by atoms with Crippen LogP contribution in [0.4, 0.5) is 5.69 Å². The first-order chi connectivity index (χ1) is 12.6. The maximum Gasteiger partial charge on any atom is 0.236 e. The Morgan fingerprint density at radius 3 is 1.81 bits per heavy atom. The molecule has 0 aliphatic carbocycles. The number of carbonyl (C=O) groups excluding carboxylic acids is 1. The molecule has 3 aromatic rings. The Balaban J connectivity index is 1.88. The normalized spacial score (nSPS) is 18.5. The van der Waals surface area contributed by atoms with E-state index in [4.69, 9.17) is 4.74 Å². The second kappa shape index (κ2) is 4.98. The summed E-state index contributed by atoms with van der Waals surface area (Å²) in [6.45, 7) is 4.07. The quantitative estimate of drug-likeness (QED) is 0.576. The number of hydrogen-bond acceptors (Lipinski definition) is 2. The summed E-state index contributed by atoms with van der Waals surface area (Å²) in [7, 11) is 0. The lowest BCUT2D eigenvalue weighted by Crippen LogP contribution is -2.75. The second-order valence-electron chi connectivity index (χ2n) is 7.41. The van der Waals surface area contributed by atoms with Crippen LogP contribution >= 0.6 is 0 Å². The highest BCUT2D eigenvalue weighted by atomic mass is 16.5. The molecule has 2 aliphatic rings. The summed E-state index contributed by atoms with van der Waals surface area (Å²) in [5.41, 5.74) is 1.80. The predicted molar refractivity (Wildman–Crippen MR) is 101 cm³/mol. The molecule has 2 heterocycles.